The van der Waals surface area contributed by atoms with Crippen LogP contribution in [0.4, 0.5) is 0 Å². The van der Waals surface area contributed by atoms with E-state index >= 15 is 0 Å². The van der Waals surface area contributed by atoms with Crippen molar-refractivity contribution in [1.82, 2.24) is 0 Å². The van der Waals surface area contributed by atoms with Crippen molar-refractivity contribution in [2.24, 2.45) is 5.73 Å². The molecule has 0 heterocycles. The largest absolute Gasteiger partial charge is 0.403 e. The van der Waals surface area contributed by atoms with Crippen LogP contribution in [0.2, 0.25) is 0 Å². The van der Waals surface area contributed by atoms with Gasteiger partial charge in [-0.2, -0.15) is 0 Å². The number of nitrogens with two attached hydrogens (primary N) is 1. The molecule has 0 radical (unpaired) electrons. The van der Waals surface area contributed by atoms with Crippen LogP contribution in [0.25, 0.3) is 0 Å². The highest BCUT2D eigenvalue weighted by atomic mass is 35.5. The molecule has 9 heavy (non-hydrogen) atoms. The van der Waals surface area contributed by atoms with Gasteiger partial charge in [0, 0.05) is 11.2 Å². The summed E-state index contributed by atoms with van der Waals surface area (Å²) in [5.41, 5.74) is 5.08. The molecule has 2 N–H and O–H groups in total. The van der Waals surface area contributed by atoms with Crippen LogP contribution in [0, 0.1) is 0 Å². The van der Waals surface area contributed by atoms with Crippen LogP contribution in [0.15, 0.2) is 22.3 Å². The molecule has 0 rings (SSSR count). The fraction of sp³-hybridized carbons (Fsp3) is 0.333. The molecule has 0 aromatic carbocycles. The molecule has 3 heteroatoms. The van der Waals surface area contributed by atoms with Gasteiger partial charge < -0.3 is 5.73 Å². The highest BCUT2D eigenvalue weighted by Crippen LogP contribution is 2.11. The highest BCUT2D eigenvalue weighted by Gasteiger charge is 1.87. The Bertz CT molecular complexity index is 138. The van der Waals surface area contributed by atoms with Crippen LogP contribution < -0.4 is 5.73 Å². The van der Waals surface area contributed by atoms with Gasteiger partial charge in [0.25, 0.3) is 0 Å². The Morgan fingerprint density at radius 3 is 2.44 bits per heavy atom. The van der Waals surface area contributed by atoms with Crippen molar-refractivity contribution in [3.05, 3.63) is 22.3 Å². The molecule has 0 aliphatic carbocycles. The van der Waals surface area contributed by atoms with Crippen molar-refractivity contribution in [1.29, 1.82) is 0 Å². The summed E-state index contributed by atoms with van der Waals surface area (Å²) in [7, 11) is 0. The van der Waals surface area contributed by atoms with E-state index in [2.05, 4.69) is 0 Å². The second-order valence-corrected chi connectivity index (χ2v) is 2.42. The van der Waals surface area contributed by atoms with Crippen molar-refractivity contribution in [3.63, 3.8) is 0 Å². The van der Waals surface area contributed by atoms with E-state index in [0.29, 0.717) is 10.1 Å². The van der Waals surface area contributed by atoms with E-state index in [-0.39, 0.29) is 0 Å². The van der Waals surface area contributed by atoms with Crippen molar-refractivity contribution in [2.75, 3.05) is 0 Å². The zero-order chi connectivity index (χ0) is 7.28. The molecular weight excluding hydrogens is 157 g/mol. The van der Waals surface area contributed by atoms with Crippen LogP contribution in [-0.2, 0) is 0 Å². The lowest BCUT2D eigenvalue weighted by Crippen LogP contribution is -1.78. The Morgan fingerprint density at radius 1 is 1.56 bits per heavy atom. The van der Waals surface area contributed by atoms with E-state index in [4.69, 9.17) is 28.9 Å². The molecule has 0 saturated carbocycles. The maximum atomic E-state index is 5.62. The number of rotatable bonds is 2. The minimum Gasteiger partial charge on any atom is -0.403 e. The molecule has 0 bridgehead atoms. The van der Waals surface area contributed by atoms with Gasteiger partial charge in [-0.25, -0.2) is 0 Å². The normalized spacial score (nSPS) is 14.1. The van der Waals surface area contributed by atoms with Gasteiger partial charge in [-0.3, -0.25) is 0 Å². The average Bonchev–Trinajstić information content (AvgIpc) is 1.87. The Morgan fingerprint density at radius 2 is 2.11 bits per heavy atom. The lowest BCUT2D eigenvalue weighted by atomic mass is 10.4. The number of hydrogen-bond donors (Lipinski definition) is 1. The van der Waals surface area contributed by atoms with Gasteiger partial charge in [0.1, 0.15) is 0 Å². The Labute approximate surface area is 65.1 Å². The fourth-order valence-electron chi connectivity index (χ4n) is 0.300. The summed E-state index contributed by atoms with van der Waals surface area (Å²) >= 11 is 11.1. The van der Waals surface area contributed by atoms with Crippen molar-refractivity contribution < 1.29 is 0 Å². The van der Waals surface area contributed by atoms with Gasteiger partial charge in [-0.1, -0.05) is 30.1 Å². The van der Waals surface area contributed by atoms with Crippen LogP contribution in [0.1, 0.15) is 13.3 Å². The zero-order valence-electron chi connectivity index (χ0n) is 5.20. The SMILES string of the molecule is CC/C(Cl)=C\C(Cl)=C/N. The molecular formula is C6H9Cl2N. The third-order valence-electron chi connectivity index (χ3n) is 0.791. The lowest BCUT2D eigenvalue weighted by molar-refractivity contribution is 1.19. The molecule has 0 amide bonds. The molecule has 0 unspecified atom stereocenters. The predicted molar refractivity (Wildman–Crippen MR) is 42.4 cm³/mol. The van der Waals surface area contributed by atoms with Crippen LogP contribution >= 0.6 is 23.2 Å². The van der Waals surface area contributed by atoms with Crippen molar-refractivity contribution in [2.45, 2.75) is 13.3 Å². The van der Waals surface area contributed by atoms with Gasteiger partial charge in [0.15, 0.2) is 0 Å². The molecule has 0 aliphatic rings. The van der Waals surface area contributed by atoms with Crippen LogP contribution in [0.3, 0.4) is 0 Å². The predicted octanol–water partition coefficient (Wildman–Crippen LogP) is 2.56. The summed E-state index contributed by atoms with van der Waals surface area (Å²) in [6, 6.07) is 0. The van der Waals surface area contributed by atoms with Gasteiger partial charge in [-0.05, 0) is 12.5 Å². The maximum Gasteiger partial charge on any atom is 0.0572 e. The molecule has 52 valence electrons. The van der Waals surface area contributed by atoms with Gasteiger partial charge >= 0.3 is 0 Å². The van der Waals surface area contributed by atoms with Crippen LogP contribution in [0.5, 0.6) is 0 Å². The molecule has 1 nitrogen and oxygen atoms in total. The van der Waals surface area contributed by atoms with E-state index in [1.165, 1.54) is 6.20 Å². The fourth-order valence-corrected chi connectivity index (χ4v) is 0.605. The Balaban J connectivity index is 3.95. The summed E-state index contributed by atoms with van der Waals surface area (Å²) in [6.45, 7) is 1.94. The molecule has 0 saturated heterocycles. The average molecular weight is 166 g/mol. The van der Waals surface area contributed by atoms with Crippen molar-refractivity contribution >= 4 is 23.2 Å². The van der Waals surface area contributed by atoms with Gasteiger partial charge in [0.05, 0.1) is 5.03 Å². The highest BCUT2D eigenvalue weighted by molar-refractivity contribution is 6.34. The minimum atomic E-state index is 0.474. The molecule has 0 spiro atoms. The van der Waals surface area contributed by atoms with E-state index in [0.717, 1.165) is 6.42 Å². The van der Waals surface area contributed by atoms with Gasteiger partial charge in [-0.15, -0.1) is 0 Å². The van der Waals surface area contributed by atoms with E-state index in [9.17, 15) is 0 Å². The lowest BCUT2D eigenvalue weighted by Gasteiger charge is -1.89. The second kappa shape index (κ2) is 4.71. The summed E-state index contributed by atoms with van der Waals surface area (Å²) < 4.78 is 0. The number of allylic oxidation sites excluding steroid dienone is 3. The number of halogens is 2. The molecule has 0 aromatic rings. The molecule has 0 fully saturated rings. The first-order chi connectivity index (χ1) is 4.20. The van der Waals surface area contributed by atoms with E-state index in [1.807, 2.05) is 6.92 Å². The third-order valence-corrected chi connectivity index (χ3v) is 1.40. The molecule has 0 aromatic heterocycles. The second-order valence-electron chi connectivity index (χ2n) is 1.50. The zero-order valence-corrected chi connectivity index (χ0v) is 6.71. The van der Waals surface area contributed by atoms with Gasteiger partial charge in [0.2, 0.25) is 0 Å². The first kappa shape index (κ1) is 8.86. The van der Waals surface area contributed by atoms with Crippen molar-refractivity contribution in [3.8, 4) is 0 Å². The van der Waals surface area contributed by atoms with E-state index in [1.54, 1.807) is 6.08 Å². The smallest absolute Gasteiger partial charge is 0.0572 e. The monoisotopic (exact) mass is 165 g/mol. The minimum absolute atomic E-state index is 0.474. The summed E-state index contributed by atoms with van der Waals surface area (Å²) in [5, 5.41) is 1.18. The maximum absolute atomic E-state index is 5.62. The first-order valence-electron chi connectivity index (χ1n) is 2.64. The first-order valence-corrected chi connectivity index (χ1v) is 3.39. The number of hydrogen-bond acceptors (Lipinski definition) is 1. The molecule has 0 atom stereocenters. The molecule has 0 aliphatic heterocycles. The Kier molecular flexibility index (Phi) is 4.64. The quantitative estimate of drug-likeness (QED) is 0.626. The summed E-state index contributed by atoms with van der Waals surface area (Å²) in [5.74, 6) is 0. The van der Waals surface area contributed by atoms with Crippen LogP contribution in [-0.4, -0.2) is 0 Å². The Hall–Kier alpha value is -0.140. The summed E-state index contributed by atoms with van der Waals surface area (Å²) in [4.78, 5) is 0. The van der Waals surface area contributed by atoms with E-state index < -0.39 is 0 Å². The standard InChI is InChI=1S/C6H9Cl2N/c1-2-5(7)3-6(8)4-9/h3-4H,2,9H2,1H3/b5-3+,6-4+. The topological polar surface area (TPSA) is 26.0 Å². The summed E-state index contributed by atoms with van der Waals surface area (Å²) in [6.07, 6.45) is 3.72. The third kappa shape index (κ3) is 4.37.